The van der Waals surface area contributed by atoms with E-state index in [4.69, 9.17) is 32.2 Å². The summed E-state index contributed by atoms with van der Waals surface area (Å²) in [5.74, 6) is 1.15. The van der Waals surface area contributed by atoms with Crippen LogP contribution in [0.5, 0.6) is 0 Å². The molecule has 0 bridgehead atoms. The second kappa shape index (κ2) is 9.75. The Hall–Kier alpha value is -1.84. The molecule has 0 amide bonds. The van der Waals surface area contributed by atoms with Crippen LogP contribution in [0.2, 0.25) is 10.0 Å². The summed E-state index contributed by atoms with van der Waals surface area (Å²) in [6.07, 6.45) is -3.61. The Balaban J connectivity index is 2.68. The molecule has 0 saturated heterocycles. The van der Waals surface area contributed by atoms with Crippen LogP contribution in [-0.2, 0) is 26.8 Å². The van der Waals surface area contributed by atoms with E-state index in [1.807, 2.05) is 0 Å². The van der Waals surface area contributed by atoms with Crippen LogP contribution in [0.15, 0.2) is 33.6 Å². The van der Waals surface area contributed by atoms with E-state index >= 15 is 0 Å². The van der Waals surface area contributed by atoms with Gasteiger partial charge in [0.25, 0.3) is 5.56 Å². The fraction of sp³-hybridized carbons (Fsp3) is 0.333. The van der Waals surface area contributed by atoms with Gasteiger partial charge in [-0.25, -0.2) is 9.36 Å². The standard InChI is InChI=1S/C18H18Cl2F3N2O5P/c1-4-29-31(28,30-5-2)7-6-11-8-14(13(20)9-12(11)19)25-16(26)10-15(18(21,22)23)24(3)17(25)27/h6-10H,4-5H2,1-3H3. The van der Waals surface area contributed by atoms with Gasteiger partial charge in [-0.15, -0.1) is 0 Å². The molecule has 1 heterocycles. The van der Waals surface area contributed by atoms with Gasteiger partial charge in [-0.05, 0) is 37.6 Å². The van der Waals surface area contributed by atoms with E-state index in [0.29, 0.717) is 15.2 Å². The smallest absolute Gasteiger partial charge is 0.306 e. The van der Waals surface area contributed by atoms with E-state index in [9.17, 15) is 27.3 Å². The van der Waals surface area contributed by atoms with Crippen molar-refractivity contribution >= 4 is 36.9 Å². The molecule has 0 fully saturated rings. The fourth-order valence-electron chi connectivity index (χ4n) is 2.63. The number of rotatable bonds is 7. The Morgan fingerprint density at radius 2 is 1.65 bits per heavy atom. The van der Waals surface area contributed by atoms with Crippen LogP contribution in [0.4, 0.5) is 13.2 Å². The van der Waals surface area contributed by atoms with E-state index in [1.54, 1.807) is 13.8 Å². The number of alkyl halides is 3. The van der Waals surface area contributed by atoms with Gasteiger partial charge in [0.1, 0.15) is 5.69 Å². The third-order valence-corrected chi connectivity index (χ3v) is 6.35. The van der Waals surface area contributed by atoms with Crippen molar-refractivity contribution < 1.29 is 26.8 Å². The van der Waals surface area contributed by atoms with E-state index in [1.165, 1.54) is 18.2 Å². The summed E-state index contributed by atoms with van der Waals surface area (Å²) in [4.78, 5) is 24.9. The van der Waals surface area contributed by atoms with Crippen LogP contribution >= 0.6 is 30.8 Å². The summed E-state index contributed by atoms with van der Waals surface area (Å²) in [7, 11) is -2.71. The van der Waals surface area contributed by atoms with Crippen molar-refractivity contribution in [2.75, 3.05) is 13.2 Å². The summed E-state index contributed by atoms with van der Waals surface area (Å²) in [6, 6.07) is 2.70. The normalized spacial score (nSPS) is 12.6. The van der Waals surface area contributed by atoms with Crippen LogP contribution in [-0.4, -0.2) is 22.3 Å². The van der Waals surface area contributed by atoms with E-state index in [-0.39, 0.29) is 34.5 Å². The number of hydrogen-bond donors (Lipinski definition) is 0. The Morgan fingerprint density at radius 3 is 2.16 bits per heavy atom. The quantitative estimate of drug-likeness (QED) is 0.494. The maximum Gasteiger partial charge on any atom is 0.431 e. The number of hydrogen-bond acceptors (Lipinski definition) is 5. The highest BCUT2D eigenvalue weighted by Gasteiger charge is 2.35. The average Bonchev–Trinajstić information content (AvgIpc) is 2.65. The summed E-state index contributed by atoms with van der Waals surface area (Å²) in [6.45, 7) is 3.47. The van der Waals surface area contributed by atoms with Crippen molar-refractivity contribution in [3.8, 4) is 5.69 Å². The molecule has 0 unspecified atom stereocenters. The number of nitrogens with zero attached hydrogens (tertiary/aromatic N) is 2. The van der Waals surface area contributed by atoms with Crippen molar-refractivity contribution in [2.24, 2.45) is 7.05 Å². The molecule has 0 radical (unpaired) electrons. The number of aromatic nitrogens is 2. The predicted octanol–water partition coefficient (Wildman–Crippen LogP) is 5.10. The highest BCUT2D eigenvalue weighted by Crippen LogP contribution is 2.50. The average molecular weight is 501 g/mol. The molecule has 7 nitrogen and oxygen atoms in total. The van der Waals surface area contributed by atoms with Crippen molar-refractivity contribution in [3.05, 3.63) is 66.2 Å². The first-order valence-corrected chi connectivity index (χ1v) is 11.2. The zero-order valence-electron chi connectivity index (χ0n) is 16.6. The minimum Gasteiger partial charge on any atom is -0.306 e. The van der Waals surface area contributed by atoms with Gasteiger partial charge in [0, 0.05) is 24.0 Å². The second-order valence-electron chi connectivity index (χ2n) is 6.06. The first-order valence-electron chi connectivity index (χ1n) is 8.82. The van der Waals surface area contributed by atoms with Gasteiger partial charge < -0.3 is 9.05 Å². The van der Waals surface area contributed by atoms with Gasteiger partial charge in [0.05, 0.1) is 23.9 Å². The molecule has 0 spiro atoms. The lowest BCUT2D eigenvalue weighted by molar-refractivity contribution is -0.144. The molecule has 13 heteroatoms. The Labute approximate surface area is 185 Å². The third-order valence-electron chi connectivity index (χ3n) is 3.97. The largest absolute Gasteiger partial charge is 0.431 e. The molecule has 0 aliphatic heterocycles. The van der Waals surface area contributed by atoms with E-state index in [2.05, 4.69) is 0 Å². The fourth-order valence-corrected chi connectivity index (χ4v) is 4.47. The van der Waals surface area contributed by atoms with Crippen LogP contribution in [0, 0.1) is 0 Å². The van der Waals surface area contributed by atoms with Gasteiger partial charge in [-0.3, -0.25) is 13.9 Å². The van der Waals surface area contributed by atoms with Gasteiger partial charge in [0.2, 0.25) is 0 Å². The summed E-state index contributed by atoms with van der Waals surface area (Å²) >= 11 is 12.3. The lowest BCUT2D eigenvalue weighted by Gasteiger charge is -2.15. The molecule has 31 heavy (non-hydrogen) atoms. The highest BCUT2D eigenvalue weighted by atomic mass is 35.5. The molecule has 0 N–H and O–H groups in total. The van der Waals surface area contributed by atoms with Gasteiger partial charge in [-0.2, -0.15) is 13.2 Å². The second-order valence-corrected chi connectivity index (χ2v) is 8.77. The van der Waals surface area contributed by atoms with Gasteiger partial charge in [-0.1, -0.05) is 23.2 Å². The summed E-state index contributed by atoms with van der Waals surface area (Å²) in [5, 5.41) is -0.0831. The minimum atomic E-state index is -4.90. The van der Waals surface area contributed by atoms with Crippen molar-refractivity contribution in [2.45, 2.75) is 20.0 Å². The first kappa shape index (κ1) is 25.4. The van der Waals surface area contributed by atoms with Gasteiger partial charge >= 0.3 is 19.5 Å². The Kier molecular flexibility index (Phi) is 7.99. The van der Waals surface area contributed by atoms with Crippen LogP contribution in [0.3, 0.4) is 0 Å². The molecule has 0 aliphatic rings. The topological polar surface area (TPSA) is 79.5 Å². The number of halogens is 5. The lowest BCUT2D eigenvalue weighted by atomic mass is 10.2. The maximum absolute atomic E-state index is 13.1. The SMILES string of the molecule is CCOP(=O)(C=Cc1cc(-n2c(=O)cc(C(F)(F)F)n(C)c2=O)c(Cl)cc1Cl)OCC. The molecule has 1 aromatic heterocycles. The van der Waals surface area contributed by atoms with E-state index < -0.39 is 30.7 Å². The molecule has 170 valence electrons. The molecule has 0 atom stereocenters. The maximum atomic E-state index is 13.1. The minimum absolute atomic E-state index is 0.0707. The predicted molar refractivity (Wildman–Crippen MR) is 112 cm³/mol. The summed E-state index contributed by atoms with van der Waals surface area (Å²) in [5.41, 5.74) is -3.92. The third kappa shape index (κ3) is 5.70. The number of benzene rings is 1. The molecule has 0 aliphatic carbocycles. The zero-order valence-corrected chi connectivity index (χ0v) is 19.0. The first-order chi connectivity index (χ1) is 14.3. The van der Waals surface area contributed by atoms with Crippen molar-refractivity contribution in [1.29, 1.82) is 0 Å². The zero-order chi connectivity index (χ0) is 23.6. The highest BCUT2D eigenvalue weighted by molar-refractivity contribution is 7.57. The Bertz CT molecular complexity index is 1160. The Morgan fingerprint density at radius 1 is 1.06 bits per heavy atom. The lowest BCUT2D eigenvalue weighted by Crippen LogP contribution is -2.40. The molecule has 2 rings (SSSR count). The molecule has 1 aromatic carbocycles. The van der Waals surface area contributed by atoms with Crippen LogP contribution in [0.1, 0.15) is 25.1 Å². The van der Waals surface area contributed by atoms with E-state index in [0.717, 1.165) is 12.9 Å². The van der Waals surface area contributed by atoms with Crippen molar-refractivity contribution in [3.63, 3.8) is 0 Å². The van der Waals surface area contributed by atoms with Gasteiger partial charge in [0.15, 0.2) is 0 Å². The molecular formula is C18H18Cl2F3N2O5P. The molecular weight excluding hydrogens is 483 g/mol. The monoisotopic (exact) mass is 500 g/mol. The van der Waals surface area contributed by atoms with Crippen molar-refractivity contribution in [1.82, 2.24) is 9.13 Å². The molecule has 0 saturated carbocycles. The van der Waals surface area contributed by atoms with Crippen LogP contribution in [0.25, 0.3) is 11.8 Å². The molecule has 2 aromatic rings. The van der Waals surface area contributed by atoms with Crippen LogP contribution < -0.4 is 11.2 Å². The summed E-state index contributed by atoms with van der Waals surface area (Å²) < 4.78 is 62.8.